The second-order valence-electron chi connectivity index (χ2n) is 7.16. The quantitative estimate of drug-likeness (QED) is 0.204. The molecule has 3 aromatic rings. The lowest BCUT2D eigenvalue weighted by molar-refractivity contribution is -0.384. The van der Waals surface area contributed by atoms with E-state index in [1.54, 1.807) is 28.8 Å². The number of nitro benzene ring substituents is 1. The minimum absolute atomic E-state index is 0.0110. The first kappa shape index (κ1) is 25.6. The molecule has 0 unspecified atom stereocenters. The van der Waals surface area contributed by atoms with Gasteiger partial charge in [0.1, 0.15) is 11.8 Å². The number of nitrogens with zero attached hydrogens (tertiary/aromatic N) is 4. The number of benzene rings is 2. The summed E-state index contributed by atoms with van der Waals surface area (Å²) in [6, 6.07) is 11.2. The SMILES string of the molecule is CCn1c(SCC(=O)Nc2ccc([N+](=O)[O-])cc2)nnc1[C@@H](CO)NC(=O)c1ccc(OC)cc1. The molecule has 0 spiro atoms. The van der Waals surface area contributed by atoms with Gasteiger partial charge >= 0.3 is 0 Å². The van der Waals surface area contributed by atoms with Crippen LogP contribution in [0.15, 0.2) is 53.7 Å². The molecule has 0 aliphatic carbocycles. The monoisotopic (exact) mass is 500 g/mol. The van der Waals surface area contributed by atoms with Gasteiger partial charge in [0.25, 0.3) is 11.6 Å². The van der Waals surface area contributed by atoms with Gasteiger partial charge in [-0.1, -0.05) is 11.8 Å². The summed E-state index contributed by atoms with van der Waals surface area (Å²) in [5.41, 5.74) is 0.753. The predicted molar refractivity (Wildman–Crippen MR) is 128 cm³/mol. The van der Waals surface area contributed by atoms with Crippen molar-refractivity contribution in [2.45, 2.75) is 24.7 Å². The molecular formula is C22H24N6O6S. The lowest BCUT2D eigenvalue weighted by Crippen LogP contribution is -2.32. The van der Waals surface area contributed by atoms with Gasteiger partial charge in [-0.2, -0.15) is 0 Å². The molecule has 1 heterocycles. The van der Waals surface area contributed by atoms with E-state index in [1.165, 1.54) is 31.4 Å². The first-order chi connectivity index (χ1) is 16.9. The number of carbonyl (C=O) groups is 2. The molecule has 35 heavy (non-hydrogen) atoms. The minimum Gasteiger partial charge on any atom is -0.497 e. The van der Waals surface area contributed by atoms with Gasteiger partial charge < -0.3 is 25.0 Å². The number of non-ortho nitro benzene ring substituents is 1. The normalized spacial score (nSPS) is 11.5. The zero-order chi connectivity index (χ0) is 25.4. The van der Waals surface area contributed by atoms with E-state index in [9.17, 15) is 24.8 Å². The van der Waals surface area contributed by atoms with E-state index in [4.69, 9.17) is 4.74 Å². The summed E-state index contributed by atoms with van der Waals surface area (Å²) >= 11 is 1.14. The summed E-state index contributed by atoms with van der Waals surface area (Å²) in [4.78, 5) is 35.2. The van der Waals surface area contributed by atoms with Crippen LogP contribution < -0.4 is 15.4 Å². The fourth-order valence-electron chi connectivity index (χ4n) is 3.13. The topological polar surface area (TPSA) is 162 Å². The molecule has 2 amide bonds. The average molecular weight is 501 g/mol. The first-order valence-electron chi connectivity index (χ1n) is 10.5. The van der Waals surface area contributed by atoms with Crippen LogP contribution >= 0.6 is 11.8 Å². The van der Waals surface area contributed by atoms with Gasteiger partial charge in [0.15, 0.2) is 11.0 Å². The number of ether oxygens (including phenoxy) is 1. The van der Waals surface area contributed by atoms with Crippen LogP contribution in [-0.4, -0.2) is 56.1 Å². The molecule has 13 heteroatoms. The molecule has 0 aliphatic heterocycles. The van der Waals surface area contributed by atoms with Crippen LogP contribution in [0.4, 0.5) is 11.4 Å². The predicted octanol–water partition coefficient (Wildman–Crippen LogP) is 2.41. The molecule has 3 rings (SSSR count). The highest BCUT2D eigenvalue weighted by atomic mass is 32.2. The third kappa shape index (κ3) is 6.55. The molecule has 0 saturated carbocycles. The Hall–Kier alpha value is -3.97. The molecule has 0 radical (unpaired) electrons. The van der Waals surface area contributed by atoms with Crippen LogP contribution in [-0.2, 0) is 11.3 Å². The van der Waals surface area contributed by atoms with Gasteiger partial charge in [-0.05, 0) is 43.3 Å². The molecule has 3 N–H and O–H groups in total. The van der Waals surface area contributed by atoms with Crippen LogP contribution in [0.25, 0.3) is 0 Å². The van der Waals surface area contributed by atoms with Crippen LogP contribution in [0.3, 0.4) is 0 Å². The Balaban J connectivity index is 1.63. The van der Waals surface area contributed by atoms with Gasteiger partial charge in [0.05, 0.1) is 24.4 Å². The second kappa shape index (κ2) is 11.9. The van der Waals surface area contributed by atoms with E-state index >= 15 is 0 Å². The fourth-order valence-corrected chi connectivity index (χ4v) is 3.94. The van der Waals surface area contributed by atoms with Crippen molar-refractivity contribution in [3.8, 4) is 5.75 Å². The van der Waals surface area contributed by atoms with Crippen molar-refractivity contribution in [3.63, 3.8) is 0 Å². The molecule has 1 atom stereocenters. The molecule has 0 saturated heterocycles. The number of thioether (sulfide) groups is 1. The summed E-state index contributed by atoms with van der Waals surface area (Å²) in [7, 11) is 1.53. The fraction of sp³-hybridized carbons (Fsp3) is 0.273. The highest BCUT2D eigenvalue weighted by Gasteiger charge is 2.23. The number of aliphatic hydroxyl groups is 1. The maximum Gasteiger partial charge on any atom is 0.269 e. The van der Waals surface area contributed by atoms with E-state index in [0.29, 0.717) is 34.5 Å². The van der Waals surface area contributed by atoms with Crippen LogP contribution in [0.5, 0.6) is 5.75 Å². The number of nitrogens with one attached hydrogen (secondary N) is 2. The maximum atomic E-state index is 12.6. The Kier molecular flexibility index (Phi) is 8.75. The first-order valence-corrected chi connectivity index (χ1v) is 11.5. The lowest BCUT2D eigenvalue weighted by Gasteiger charge is -2.17. The zero-order valence-electron chi connectivity index (χ0n) is 19.0. The third-order valence-corrected chi connectivity index (χ3v) is 5.87. The smallest absolute Gasteiger partial charge is 0.269 e. The zero-order valence-corrected chi connectivity index (χ0v) is 19.8. The van der Waals surface area contributed by atoms with Crippen LogP contribution in [0.2, 0.25) is 0 Å². The number of anilines is 1. The van der Waals surface area contributed by atoms with Gasteiger partial charge in [0, 0.05) is 29.9 Å². The number of hydrogen-bond acceptors (Lipinski definition) is 9. The third-order valence-electron chi connectivity index (χ3n) is 4.91. The van der Waals surface area contributed by atoms with Gasteiger partial charge in [-0.15, -0.1) is 10.2 Å². The Morgan fingerprint density at radius 3 is 2.43 bits per heavy atom. The molecular weight excluding hydrogens is 476 g/mol. The maximum absolute atomic E-state index is 12.6. The Morgan fingerprint density at radius 1 is 1.17 bits per heavy atom. The van der Waals surface area contributed by atoms with Gasteiger partial charge in [-0.3, -0.25) is 19.7 Å². The number of amides is 2. The summed E-state index contributed by atoms with van der Waals surface area (Å²) in [5.74, 6) is 0.258. The van der Waals surface area contributed by atoms with Crippen molar-refractivity contribution >= 4 is 35.0 Å². The van der Waals surface area contributed by atoms with Crippen LogP contribution in [0.1, 0.15) is 29.1 Å². The number of aromatic nitrogens is 3. The number of aliphatic hydroxyl groups excluding tert-OH is 1. The number of carbonyl (C=O) groups excluding carboxylic acids is 2. The van der Waals surface area contributed by atoms with Gasteiger partial charge in [0.2, 0.25) is 5.91 Å². The summed E-state index contributed by atoms with van der Waals surface area (Å²) in [6.45, 7) is 1.91. The van der Waals surface area contributed by atoms with Crippen molar-refractivity contribution in [1.82, 2.24) is 20.1 Å². The lowest BCUT2D eigenvalue weighted by atomic mass is 10.2. The van der Waals surface area contributed by atoms with Crippen molar-refractivity contribution in [2.75, 3.05) is 24.8 Å². The van der Waals surface area contributed by atoms with Crippen molar-refractivity contribution in [1.29, 1.82) is 0 Å². The van der Waals surface area contributed by atoms with E-state index in [1.807, 2.05) is 6.92 Å². The molecule has 1 aromatic heterocycles. The highest BCUT2D eigenvalue weighted by Crippen LogP contribution is 2.22. The molecule has 0 bridgehead atoms. The minimum atomic E-state index is -0.805. The highest BCUT2D eigenvalue weighted by molar-refractivity contribution is 7.99. The molecule has 0 fully saturated rings. The molecule has 184 valence electrons. The Morgan fingerprint density at radius 2 is 1.86 bits per heavy atom. The van der Waals surface area contributed by atoms with Crippen LogP contribution in [0, 0.1) is 10.1 Å². The Labute approximate surface area is 204 Å². The van der Waals surface area contributed by atoms with E-state index in [-0.39, 0.29) is 17.3 Å². The summed E-state index contributed by atoms with van der Waals surface area (Å²) in [5, 5.41) is 34.7. The van der Waals surface area contributed by atoms with Crippen molar-refractivity contribution in [2.24, 2.45) is 0 Å². The number of methoxy groups -OCH3 is 1. The van der Waals surface area contributed by atoms with E-state index < -0.39 is 23.5 Å². The number of hydrogen-bond donors (Lipinski definition) is 3. The molecule has 12 nitrogen and oxygen atoms in total. The standard InChI is InChI=1S/C22H24N6O6S/c1-3-27-20(18(12-29)24-21(31)14-4-10-17(34-2)11-5-14)25-26-22(27)35-13-19(30)23-15-6-8-16(9-7-15)28(32)33/h4-11,18,29H,3,12-13H2,1-2H3,(H,23,30)(H,24,31)/t18-/m1/s1. The average Bonchev–Trinajstić information content (AvgIpc) is 3.29. The number of rotatable bonds is 11. The summed E-state index contributed by atoms with van der Waals surface area (Å²) < 4.78 is 6.80. The largest absolute Gasteiger partial charge is 0.497 e. The van der Waals surface area contributed by atoms with Crippen molar-refractivity contribution < 1.29 is 24.4 Å². The molecule has 2 aromatic carbocycles. The van der Waals surface area contributed by atoms with E-state index in [2.05, 4.69) is 20.8 Å². The Bertz CT molecular complexity index is 1180. The second-order valence-corrected chi connectivity index (χ2v) is 8.11. The summed E-state index contributed by atoms with van der Waals surface area (Å²) in [6.07, 6.45) is 0. The molecule has 0 aliphatic rings. The van der Waals surface area contributed by atoms with Gasteiger partial charge in [-0.25, -0.2) is 0 Å². The van der Waals surface area contributed by atoms with E-state index in [0.717, 1.165) is 11.8 Å². The van der Waals surface area contributed by atoms with Crippen molar-refractivity contribution in [3.05, 3.63) is 70.0 Å². The number of nitro groups is 1.